The van der Waals surface area contributed by atoms with E-state index in [2.05, 4.69) is 5.32 Å². The Kier molecular flexibility index (Phi) is 5.16. The molecule has 8 nitrogen and oxygen atoms in total. The number of nitrogens with one attached hydrogen (secondary N) is 1. The summed E-state index contributed by atoms with van der Waals surface area (Å²) in [4.78, 5) is 34.8. The Morgan fingerprint density at radius 2 is 1.89 bits per heavy atom. The first-order valence-electron chi connectivity index (χ1n) is 7.93. The van der Waals surface area contributed by atoms with Gasteiger partial charge < -0.3 is 10.1 Å². The molecule has 28 heavy (non-hydrogen) atoms. The maximum Gasteiger partial charge on any atom is 0.414 e. The van der Waals surface area contributed by atoms with Crippen molar-refractivity contribution in [3.8, 4) is 0 Å². The molecular formula is C17H12F3N3O5. The lowest BCUT2D eigenvalue weighted by atomic mass is 10.1. The van der Waals surface area contributed by atoms with Gasteiger partial charge in [-0.1, -0.05) is 18.2 Å². The molecule has 11 heteroatoms. The van der Waals surface area contributed by atoms with Crippen LogP contribution in [0, 0.1) is 27.6 Å². The molecular weight excluding hydrogens is 383 g/mol. The highest BCUT2D eigenvalue weighted by Gasteiger charge is 2.33. The SMILES string of the molecule is O=C(NCC1CN(c2ccccc2)C(=O)O1)c1cc([N+](=O)[O-])c(F)c(F)c1F. The third kappa shape index (κ3) is 3.59. The molecule has 1 atom stereocenters. The van der Waals surface area contributed by atoms with E-state index in [1.807, 2.05) is 0 Å². The normalized spacial score (nSPS) is 16.0. The second-order valence-electron chi connectivity index (χ2n) is 5.80. The zero-order valence-electron chi connectivity index (χ0n) is 14.0. The highest BCUT2D eigenvalue weighted by molar-refractivity contribution is 5.95. The number of benzene rings is 2. The summed E-state index contributed by atoms with van der Waals surface area (Å²) >= 11 is 0. The smallest absolute Gasteiger partial charge is 0.414 e. The summed E-state index contributed by atoms with van der Waals surface area (Å²) in [6.45, 7) is -0.177. The molecule has 1 heterocycles. The van der Waals surface area contributed by atoms with Crippen LogP contribution in [0.25, 0.3) is 0 Å². The van der Waals surface area contributed by atoms with Gasteiger partial charge in [-0.25, -0.2) is 13.6 Å². The van der Waals surface area contributed by atoms with E-state index < -0.39 is 51.7 Å². The number of carbonyl (C=O) groups is 2. The lowest BCUT2D eigenvalue weighted by Gasteiger charge is -2.13. The molecule has 0 radical (unpaired) electrons. The van der Waals surface area contributed by atoms with E-state index in [1.54, 1.807) is 30.3 Å². The van der Waals surface area contributed by atoms with Crippen LogP contribution in [0.1, 0.15) is 10.4 Å². The van der Waals surface area contributed by atoms with Gasteiger partial charge in [-0.05, 0) is 12.1 Å². The highest BCUT2D eigenvalue weighted by Crippen LogP contribution is 2.25. The molecule has 0 saturated carbocycles. The van der Waals surface area contributed by atoms with Gasteiger partial charge in [0.1, 0.15) is 6.10 Å². The lowest BCUT2D eigenvalue weighted by molar-refractivity contribution is -0.387. The van der Waals surface area contributed by atoms with E-state index >= 15 is 0 Å². The molecule has 1 fully saturated rings. The molecule has 3 rings (SSSR count). The van der Waals surface area contributed by atoms with Crippen LogP contribution in [0.15, 0.2) is 36.4 Å². The Labute approximate surface area is 155 Å². The summed E-state index contributed by atoms with van der Waals surface area (Å²) in [5.41, 5.74) is -1.83. The van der Waals surface area contributed by atoms with Gasteiger partial charge in [0.25, 0.3) is 5.91 Å². The average Bonchev–Trinajstić information content (AvgIpc) is 3.05. The molecule has 1 aliphatic heterocycles. The van der Waals surface area contributed by atoms with Gasteiger partial charge in [0.15, 0.2) is 5.82 Å². The zero-order valence-corrected chi connectivity index (χ0v) is 14.0. The standard InChI is InChI=1S/C17H12F3N3O5/c18-13-11(6-12(23(26)27)14(19)15(13)20)16(24)21-7-10-8-22(17(25)28-10)9-4-2-1-3-5-9/h1-6,10H,7-8H2,(H,21,24). The van der Waals surface area contributed by atoms with Crippen LogP contribution in [-0.4, -0.2) is 36.1 Å². The third-order valence-corrected chi connectivity index (χ3v) is 4.00. The number of nitro groups is 1. The van der Waals surface area contributed by atoms with Gasteiger partial charge >= 0.3 is 11.8 Å². The van der Waals surface area contributed by atoms with Crippen LogP contribution in [-0.2, 0) is 4.74 Å². The van der Waals surface area contributed by atoms with E-state index in [-0.39, 0.29) is 13.1 Å². The molecule has 1 unspecified atom stereocenters. The number of cyclic esters (lactones) is 1. The number of nitrogens with zero attached hydrogens (tertiary/aromatic N) is 2. The molecule has 2 amide bonds. The van der Waals surface area contributed by atoms with Crippen molar-refractivity contribution in [2.75, 3.05) is 18.0 Å². The van der Waals surface area contributed by atoms with Crippen molar-refractivity contribution < 1.29 is 32.4 Å². The maximum absolute atomic E-state index is 13.8. The maximum atomic E-state index is 13.8. The minimum absolute atomic E-state index is 0.0868. The molecule has 1 saturated heterocycles. The fourth-order valence-corrected chi connectivity index (χ4v) is 2.64. The summed E-state index contributed by atoms with van der Waals surface area (Å²) < 4.78 is 45.8. The summed E-state index contributed by atoms with van der Waals surface area (Å²) in [6.07, 6.45) is -1.44. The zero-order chi connectivity index (χ0) is 20.4. The number of hydrogen-bond acceptors (Lipinski definition) is 5. The van der Waals surface area contributed by atoms with Gasteiger partial charge in [0, 0.05) is 11.8 Å². The number of nitro benzene ring substituents is 1. The average molecular weight is 395 g/mol. The summed E-state index contributed by atoms with van der Waals surface area (Å²) in [5, 5.41) is 12.9. The first kappa shape index (κ1) is 19.1. The van der Waals surface area contributed by atoms with Gasteiger partial charge in [0.05, 0.1) is 23.6 Å². The monoisotopic (exact) mass is 395 g/mol. The van der Waals surface area contributed by atoms with Crippen LogP contribution in [0.5, 0.6) is 0 Å². The summed E-state index contributed by atoms with van der Waals surface area (Å²) in [6, 6.07) is 8.86. The van der Waals surface area contributed by atoms with Crippen LogP contribution < -0.4 is 10.2 Å². The topological polar surface area (TPSA) is 102 Å². The Morgan fingerprint density at radius 3 is 2.54 bits per heavy atom. The van der Waals surface area contributed by atoms with E-state index in [9.17, 15) is 32.9 Å². The largest absolute Gasteiger partial charge is 0.442 e. The van der Waals surface area contributed by atoms with Gasteiger partial charge in [-0.3, -0.25) is 19.8 Å². The van der Waals surface area contributed by atoms with Crippen molar-refractivity contribution in [3.63, 3.8) is 0 Å². The molecule has 2 aromatic rings. The van der Waals surface area contributed by atoms with Crippen molar-refractivity contribution in [3.05, 3.63) is 69.5 Å². The van der Waals surface area contributed by atoms with Crippen LogP contribution in [0.3, 0.4) is 0 Å². The highest BCUT2D eigenvalue weighted by atomic mass is 19.2. The number of amides is 2. The van der Waals surface area contributed by atoms with Crippen LogP contribution in [0.4, 0.5) is 29.3 Å². The lowest BCUT2D eigenvalue weighted by Crippen LogP contribution is -2.35. The molecule has 0 aliphatic carbocycles. The summed E-state index contributed by atoms with van der Waals surface area (Å²) in [7, 11) is 0. The molecule has 0 spiro atoms. The van der Waals surface area contributed by atoms with Crippen molar-refractivity contribution in [2.24, 2.45) is 0 Å². The number of ether oxygens (including phenoxy) is 1. The van der Waals surface area contributed by atoms with E-state index in [0.29, 0.717) is 11.8 Å². The van der Waals surface area contributed by atoms with Crippen molar-refractivity contribution in [2.45, 2.75) is 6.10 Å². The Hall–Kier alpha value is -3.63. The van der Waals surface area contributed by atoms with E-state index in [0.717, 1.165) is 0 Å². The molecule has 1 aliphatic rings. The van der Waals surface area contributed by atoms with Crippen molar-refractivity contribution in [1.29, 1.82) is 0 Å². The number of para-hydroxylation sites is 1. The second-order valence-corrected chi connectivity index (χ2v) is 5.80. The number of rotatable bonds is 5. The van der Waals surface area contributed by atoms with E-state index in [1.165, 1.54) is 4.90 Å². The third-order valence-electron chi connectivity index (χ3n) is 4.00. The van der Waals surface area contributed by atoms with Crippen molar-refractivity contribution >= 4 is 23.4 Å². The fraction of sp³-hybridized carbons (Fsp3) is 0.176. The second kappa shape index (κ2) is 7.55. The molecule has 146 valence electrons. The number of anilines is 1. The van der Waals surface area contributed by atoms with Crippen LogP contribution in [0.2, 0.25) is 0 Å². The molecule has 1 N–H and O–H groups in total. The van der Waals surface area contributed by atoms with Gasteiger partial charge in [-0.15, -0.1) is 0 Å². The Morgan fingerprint density at radius 1 is 1.21 bits per heavy atom. The first-order chi connectivity index (χ1) is 13.3. The van der Waals surface area contributed by atoms with Crippen molar-refractivity contribution in [1.82, 2.24) is 5.32 Å². The summed E-state index contributed by atoms with van der Waals surface area (Å²) in [5.74, 6) is -7.19. The minimum atomic E-state index is -2.12. The van der Waals surface area contributed by atoms with Gasteiger partial charge in [0.2, 0.25) is 11.6 Å². The van der Waals surface area contributed by atoms with E-state index in [4.69, 9.17) is 4.74 Å². The number of hydrogen-bond donors (Lipinski definition) is 1. The number of carbonyl (C=O) groups excluding carboxylic acids is 2. The van der Waals surface area contributed by atoms with Crippen LogP contribution >= 0.6 is 0 Å². The quantitative estimate of drug-likeness (QED) is 0.477. The number of halogens is 3. The molecule has 2 aromatic carbocycles. The molecule has 0 aromatic heterocycles. The molecule has 0 bridgehead atoms. The Balaban J connectivity index is 1.70. The van der Waals surface area contributed by atoms with Gasteiger partial charge in [-0.2, -0.15) is 4.39 Å². The first-order valence-corrected chi connectivity index (χ1v) is 7.93. The predicted octanol–water partition coefficient (Wildman–Crippen LogP) is 2.77. The minimum Gasteiger partial charge on any atom is -0.442 e. The fourth-order valence-electron chi connectivity index (χ4n) is 2.64. The Bertz CT molecular complexity index is 955. The predicted molar refractivity (Wildman–Crippen MR) is 89.4 cm³/mol.